The fourth-order valence-electron chi connectivity index (χ4n) is 1.90. The highest BCUT2D eigenvalue weighted by molar-refractivity contribution is 5.95. The number of allylic oxidation sites excluding steroid dienone is 1. The lowest BCUT2D eigenvalue weighted by Gasteiger charge is -2.18. The van der Waals surface area contributed by atoms with E-state index in [-0.39, 0.29) is 24.2 Å². The molecule has 1 aromatic carbocycles. The Kier molecular flexibility index (Phi) is 5.67. The van der Waals surface area contributed by atoms with Gasteiger partial charge in [-0.3, -0.25) is 4.79 Å². The molecule has 0 saturated carbocycles. The number of carbonyl (C=O) groups is 1. The van der Waals surface area contributed by atoms with Gasteiger partial charge in [0.25, 0.3) is 0 Å². The summed E-state index contributed by atoms with van der Waals surface area (Å²) in [7, 11) is 0. The summed E-state index contributed by atoms with van der Waals surface area (Å²) in [6.45, 7) is 9.09. The summed E-state index contributed by atoms with van der Waals surface area (Å²) in [5, 5.41) is 12.3. The molecule has 0 spiro atoms. The lowest BCUT2D eigenvalue weighted by Crippen LogP contribution is -2.37. The minimum absolute atomic E-state index is 0.128. The van der Waals surface area contributed by atoms with Gasteiger partial charge in [-0.1, -0.05) is 19.9 Å². The summed E-state index contributed by atoms with van der Waals surface area (Å²) in [6, 6.07) is 4.83. The molecule has 0 bridgehead atoms. The number of aryl methyl sites for hydroxylation is 1. The highest BCUT2D eigenvalue weighted by atomic mass is 19.1. The molecule has 4 heteroatoms. The maximum absolute atomic E-state index is 13.4. The van der Waals surface area contributed by atoms with Gasteiger partial charge in [0.15, 0.2) is 0 Å². The van der Waals surface area contributed by atoms with Gasteiger partial charge in [0.05, 0.1) is 5.60 Å². The number of rotatable bonds is 5. The van der Waals surface area contributed by atoms with Gasteiger partial charge in [0, 0.05) is 12.6 Å². The van der Waals surface area contributed by atoms with Crippen LogP contribution in [0, 0.1) is 18.7 Å². The Bertz CT molecular complexity index is 542. The van der Waals surface area contributed by atoms with E-state index in [1.165, 1.54) is 12.1 Å². The minimum atomic E-state index is -0.950. The van der Waals surface area contributed by atoms with E-state index < -0.39 is 5.60 Å². The molecular formula is C17H24FNO2. The second-order valence-corrected chi connectivity index (χ2v) is 6.25. The van der Waals surface area contributed by atoms with Crippen LogP contribution in [0.3, 0.4) is 0 Å². The molecular weight excluding hydrogens is 269 g/mol. The maximum atomic E-state index is 13.4. The van der Waals surface area contributed by atoms with E-state index in [4.69, 9.17) is 0 Å². The fourth-order valence-corrected chi connectivity index (χ4v) is 1.90. The Balaban J connectivity index is 2.98. The van der Waals surface area contributed by atoms with Crippen molar-refractivity contribution in [2.24, 2.45) is 5.92 Å². The third kappa shape index (κ3) is 5.68. The maximum Gasteiger partial charge on any atom is 0.244 e. The lowest BCUT2D eigenvalue weighted by atomic mass is 9.93. The SMILES string of the molecule is Cc1cc(/C(=C/C(=O)NCC(C)(C)O)C(C)C)ccc1F. The summed E-state index contributed by atoms with van der Waals surface area (Å²) in [5.74, 6) is -0.390. The van der Waals surface area contributed by atoms with Gasteiger partial charge in [-0.05, 0) is 55.5 Å². The van der Waals surface area contributed by atoms with Gasteiger partial charge in [-0.25, -0.2) is 4.39 Å². The number of hydrogen-bond donors (Lipinski definition) is 2. The first-order valence-corrected chi connectivity index (χ1v) is 7.08. The molecule has 0 heterocycles. The Morgan fingerprint density at radius 3 is 2.52 bits per heavy atom. The molecule has 0 aliphatic carbocycles. The van der Waals surface area contributed by atoms with Gasteiger partial charge in [-0.15, -0.1) is 0 Å². The van der Waals surface area contributed by atoms with Crippen LogP contribution in [0.15, 0.2) is 24.3 Å². The highest BCUT2D eigenvalue weighted by Crippen LogP contribution is 2.24. The highest BCUT2D eigenvalue weighted by Gasteiger charge is 2.15. The average Bonchev–Trinajstić information content (AvgIpc) is 2.36. The van der Waals surface area contributed by atoms with Crippen LogP contribution in [0.1, 0.15) is 38.8 Å². The van der Waals surface area contributed by atoms with E-state index in [0.29, 0.717) is 5.56 Å². The van der Waals surface area contributed by atoms with Crippen LogP contribution < -0.4 is 5.32 Å². The molecule has 0 aromatic heterocycles. The summed E-state index contributed by atoms with van der Waals surface area (Å²) < 4.78 is 13.4. The zero-order valence-corrected chi connectivity index (χ0v) is 13.3. The molecule has 0 aliphatic rings. The topological polar surface area (TPSA) is 49.3 Å². The van der Waals surface area contributed by atoms with Gasteiger partial charge >= 0.3 is 0 Å². The Labute approximate surface area is 125 Å². The smallest absolute Gasteiger partial charge is 0.244 e. The molecule has 2 N–H and O–H groups in total. The van der Waals surface area contributed by atoms with E-state index in [0.717, 1.165) is 11.1 Å². The molecule has 0 aliphatic heterocycles. The minimum Gasteiger partial charge on any atom is -0.389 e. The molecule has 1 aromatic rings. The van der Waals surface area contributed by atoms with Crippen molar-refractivity contribution in [1.29, 1.82) is 0 Å². The number of halogens is 1. The van der Waals surface area contributed by atoms with Crippen LogP contribution in [0.2, 0.25) is 0 Å². The number of benzene rings is 1. The molecule has 0 atom stereocenters. The Morgan fingerprint density at radius 2 is 2.05 bits per heavy atom. The summed E-state index contributed by atoms with van der Waals surface area (Å²) in [5.41, 5.74) is 1.28. The normalized spacial score (nSPS) is 12.7. The molecule has 1 rings (SSSR count). The number of nitrogens with one attached hydrogen (secondary N) is 1. The summed E-state index contributed by atoms with van der Waals surface area (Å²) in [4.78, 5) is 12.0. The van der Waals surface area contributed by atoms with E-state index in [9.17, 15) is 14.3 Å². The Morgan fingerprint density at radius 1 is 1.43 bits per heavy atom. The van der Waals surface area contributed by atoms with Gasteiger partial charge < -0.3 is 10.4 Å². The van der Waals surface area contributed by atoms with Crippen LogP contribution in [-0.2, 0) is 4.79 Å². The monoisotopic (exact) mass is 293 g/mol. The number of carbonyl (C=O) groups excluding carboxylic acids is 1. The lowest BCUT2D eigenvalue weighted by molar-refractivity contribution is -0.117. The van der Waals surface area contributed by atoms with Crippen molar-refractivity contribution in [3.05, 3.63) is 41.2 Å². The zero-order chi connectivity index (χ0) is 16.2. The fraction of sp³-hybridized carbons (Fsp3) is 0.471. The predicted molar refractivity (Wildman–Crippen MR) is 83.3 cm³/mol. The molecule has 116 valence electrons. The van der Waals surface area contributed by atoms with E-state index in [1.54, 1.807) is 32.9 Å². The molecule has 0 unspecified atom stereocenters. The molecule has 0 saturated heterocycles. The van der Waals surface area contributed by atoms with E-state index in [1.807, 2.05) is 13.8 Å². The van der Waals surface area contributed by atoms with Crippen molar-refractivity contribution >= 4 is 11.5 Å². The molecule has 1 amide bonds. The Hall–Kier alpha value is -1.68. The first kappa shape index (κ1) is 17.4. The van der Waals surface area contributed by atoms with Crippen LogP contribution in [0.25, 0.3) is 5.57 Å². The van der Waals surface area contributed by atoms with Crippen LogP contribution in [0.5, 0.6) is 0 Å². The second kappa shape index (κ2) is 6.85. The number of aliphatic hydroxyl groups is 1. The average molecular weight is 293 g/mol. The van der Waals surface area contributed by atoms with Crippen molar-refractivity contribution in [2.45, 2.75) is 40.2 Å². The number of amides is 1. The quantitative estimate of drug-likeness (QED) is 0.820. The third-order valence-electron chi connectivity index (χ3n) is 3.10. The predicted octanol–water partition coefficient (Wildman–Crippen LogP) is 3.06. The second-order valence-electron chi connectivity index (χ2n) is 6.25. The van der Waals surface area contributed by atoms with Crippen molar-refractivity contribution in [1.82, 2.24) is 5.32 Å². The van der Waals surface area contributed by atoms with Crippen LogP contribution in [-0.4, -0.2) is 23.2 Å². The van der Waals surface area contributed by atoms with Gasteiger partial charge in [-0.2, -0.15) is 0 Å². The number of hydrogen-bond acceptors (Lipinski definition) is 2. The first-order chi connectivity index (χ1) is 9.60. The van der Waals surface area contributed by atoms with Crippen molar-refractivity contribution in [3.63, 3.8) is 0 Å². The standard InChI is InChI=1S/C17H24FNO2/c1-11(2)14(9-16(20)19-10-17(4,5)21)13-6-7-15(18)12(3)8-13/h6-9,11,21H,10H2,1-5H3,(H,19,20)/b14-9+. The largest absolute Gasteiger partial charge is 0.389 e. The molecule has 3 nitrogen and oxygen atoms in total. The zero-order valence-electron chi connectivity index (χ0n) is 13.3. The summed E-state index contributed by atoms with van der Waals surface area (Å²) in [6.07, 6.45) is 1.52. The van der Waals surface area contributed by atoms with Crippen LogP contribution >= 0.6 is 0 Å². The van der Waals surface area contributed by atoms with Crippen molar-refractivity contribution < 1.29 is 14.3 Å². The third-order valence-corrected chi connectivity index (χ3v) is 3.10. The molecule has 21 heavy (non-hydrogen) atoms. The van der Waals surface area contributed by atoms with Crippen LogP contribution in [0.4, 0.5) is 4.39 Å². The molecule has 0 fully saturated rings. The van der Waals surface area contributed by atoms with Gasteiger partial charge in [0.1, 0.15) is 5.82 Å². The van der Waals surface area contributed by atoms with E-state index >= 15 is 0 Å². The van der Waals surface area contributed by atoms with Gasteiger partial charge in [0.2, 0.25) is 5.91 Å². The first-order valence-electron chi connectivity index (χ1n) is 7.08. The van der Waals surface area contributed by atoms with Crippen molar-refractivity contribution in [2.75, 3.05) is 6.54 Å². The van der Waals surface area contributed by atoms with Crippen molar-refractivity contribution in [3.8, 4) is 0 Å². The van der Waals surface area contributed by atoms with E-state index in [2.05, 4.69) is 5.32 Å². The molecule has 0 radical (unpaired) electrons. The summed E-state index contributed by atoms with van der Waals surface area (Å²) >= 11 is 0.